The van der Waals surface area contributed by atoms with Crippen LogP contribution in [0.15, 0.2) is 45.4 Å². The van der Waals surface area contributed by atoms with Crippen LogP contribution in [0.2, 0.25) is 0 Å². The normalized spacial score (nSPS) is 13.2. The van der Waals surface area contributed by atoms with Gasteiger partial charge in [-0.1, -0.05) is 32.9 Å². The van der Waals surface area contributed by atoms with E-state index in [2.05, 4.69) is 35.7 Å². The molecule has 0 spiro atoms. The summed E-state index contributed by atoms with van der Waals surface area (Å²) in [6, 6.07) is 9.84. The van der Waals surface area contributed by atoms with E-state index < -0.39 is 0 Å². The zero-order valence-corrected chi connectivity index (χ0v) is 14.0. The van der Waals surface area contributed by atoms with Crippen LogP contribution in [-0.2, 0) is 6.42 Å². The van der Waals surface area contributed by atoms with Gasteiger partial charge >= 0.3 is 0 Å². The zero-order valence-electron chi connectivity index (χ0n) is 14.0. The molecule has 0 bridgehead atoms. The molecule has 4 rings (SSSR count). The zero-order chi connectivity index (χ0) is 16.7. The van der Waals surface area contributed by atoms with Gasteiger partial charge in [-0.2, -0.15) is 4.98 Å². The Morgan fingerprint density at radius 2 is 1.75 bits per heavy atom. The van der Waals surface area contributed by atoms with Crippen LogP contribution in [0.5, 0.6) is 0 Å². The first-order chi connectivity index (χ1) is 11.6. The van der Waals surface area contributed by atoms with Crippen LogP contribution in [0.4, 0.5) is 0 Å². The number of oxazole rings is 2. The molecule has 1 unspecified atom stereocenters. The Morgan fingerprint density at radius 3 is 2.54 bits per heavy atom. The third-order valence-corrected chi connectivity index (χ3v) is 4.09. The molecule has 0 fully saturated rings. The minimum absolute atomic E-state index is 0.157. The van der Waals surface area contributed by atoms with Crippen LogP contribution in [-0.4, -0.2) is 15.0 Å². The maximum Gasteiger partial charge on any atom is 0.199 e. The Balaban J connectivity index is 1.60. The molecule has 3 heterocycles. The van der Waals surface area contributed by atoms with E-state index in [0.29, 0.717) is 5.65 Å². The van der Waals surface area contributed by atoms with Crippen molar-refractivity contribution in [2.45, 2.75) is 39.0 Å². The molecule has 0 aliphatic carbocycles. The number of pyridine rings is 1. The highest BCUT2D eigenvalue weighted by molar-refractivity contribution is 5.72. The molecule has 5 heteroatoms. The molecule has 3 aromatic heterocycles. The second-order valence-corrected chi connectivity index (χ2v) is 6.50. The number of aromatic nitrogens is 3. The van der Waals surface area contributed by atoms with Gasteiger partial charge < -0.3 is 8.83 Å². The molecule has 0 saturated heterocycles. The molecule has 0 amide bonds. The lowest BCUT2D eigenvalue weighted by molar-refractivity contribution is 0.483. The van der Waals surface area contributed by atoms with Crippen molar-refractivity contribution < 1.29 is 8.83 Å². The van der Waals surface area contributed by atoms with Crippen LogP contribution in [0.25, 0.3) is 22.3 Å². The Bertz CT molecular complexity index is 967. The average molecular weight is 321 g/mol. The van der Waals surface area contributed by atoms with Gasteiger partial charge in [0.15, 0.2) is 28.6 Å². The topological polar surface area (TPSA) is 65.0 Å². The Kier molecular flexibility index (Phi) is 3.56. The fourth-order valence-electron chi connectivity index (χ4n) is 2.78. The maximum atomic E-state index is 5.86. The van der Waals surface area contributed by atoms with E-state index in [9.17, 15) is 0 Å². The Labute approximate surface area is 139 Å². The highest BCUT2D eigenvalue weighted by Gasteiger charge is 2.16. The first kappa shape index (κ1) is 14.9. The number of hydrogen-bond donors (Lipinski definition) is 0. The van der Waals surface area contributed by atoms with E-state index in [1.54, 1.807) is 0 Å². The highest BCUT2D eigenvalue weighted by atomic mass is 16.4. The number of para-hydroxylation sites is 2. The van der Waals surface area contributed by atoms with Gasteiger partial charge in [-0.15, -0.1) is 0 Å². The van der Waals surface area contributed by atoms with Crippen LogP contribution >= 0.6 is 0 Å². The molecule has 5 nitrogen and oxygen atoms in total. The quantitative estimate of drug-likeness (QED) is 0.538. The summed E-state index contributed by atoms with van der Waals surface area (Å²) in [6.45, 7) is 6.22. The summed E-state index contributed by atoms with van der Waals surface area (Å²) in [5.74, 6) is 1.88. The van der Waals surface area contributed by atoms with E-state index in [4.69, 9.17) is 8.83 Å². The molecule has 122 valence electrons. The van der Waals surface area contributed by atoms with Gasteiger partial charge in [0.25, 0.3) is 0 Å². The van der Waals surface area contributed by atoms with Crippen molar-refractivity contribution in [1.82, 2.24) is 15.0 Å². The van der Waals surface area contributed by atoms with E-state index in [-0.39, 0.29) is 11.8 Å². The fourth-order valence-corrected chi connectivity index (χ4v) is 2.78. The monoisotopic (exact) mass is 321 g/mol. The first-order valence-electron chi connectivity index (χ1n) is 8.21. The summed E-state index contributed by atoms with van der Waals surface area (Å²) in [5.41, 5.74) is 4.20. The number of rotatable bonds is 4. The summed E-state index contributed by atoms with van der Waals surface area (Å²) in [6.07, 6.45) is 2.64. The van der Waals surface area contributed by atoms with Crippen LogP contribution in [0, 0.1) is 0 Å². The van der Waals surface area contributed by atoms with Crippen molar-refractivity contribution >= 4 is 22.3 Å². The fraction of sp³-hybridized carbons (Fsp3) is 0.316. The van der Waals surface area contributed by atoms with Gasteiger partial charge in [-0.25, -0.2) is 9.97 Å². The van der Waals surface area contributed by atoms with E-state index >= 15 is 0 Å². The average Bonchev–Trinajstić information content (AvgIpc) is 3.18. The molecular weight excluding hydrogens is 302 g/mol. The lowest BCUT2D eigenvalue weighted by Crippen LogP contribution is -1.99. The standard InChI is InChI=1S/C19H19N3O2/c1-11(2)18-22-17-16(24-18)9-13(10-20-17)8-12(3)19-21-14-6-4-5-7-15(14)23-19/h4-7,9-12H,8H2,1-3H3. The summed E-state index contributed by atoms with van der Waals surface area (Å²) >= 11 is 0. The summed E-state index contributed by atoms with van der Waals surface area (Å²) in [4.78, 5) is 13.4. The Hall–Kier alpha value is -2.69. The third kappa shape index (κ3) is 2.66. The predicted molar refractivity (Wildman–Crippen MR) is 92.0 cm³/mol. The van der Waals surface area contributed by atoms with Gasteiger partial charge in [-0.3, -0.25) is 0 Å². The van der Waals surface area contributed by atoms with Crippen molar-refractivity contribution in [3.63, 3.8) is 0 Å². The molecule has 0 saturated carbocycles. The summed E-state index contributed by atoms with van der Waals surface area (Å²) < 4.78 is 11.7. The smallest absolute Gasteiger partial charge is 0.199 e. The SMILES string of the molecule is CC(C)c1nc2ncc(CC(C)c3nc4ccccc4o3)cc2o1. The van der Waals surface area contributed by atoms with Gasteiger partial charge in [0.05, 0.1) is 0 Å². The second kappa shape index (κ2) is 5.74. The van der Waals surface area contributed by atoms with Gasteiger partial charge in [-0.05, 0) is 30.2 Å². The minimum Gasteiger partial charge on any atom is -0.440 e. The molecule has 4 aromatic rings. The molecule has 24 heavy (non-hydrogen) atoms. The number of nitrogens with zero attached hydrogens (tertiary/aromatic N) is 3. The van der Waals surface area contributed by atoms with Crippen LogP contribution in [0.3, 0.4) is 0 Å². The molecule has 1 aromatic carbocycles. The molecule has 0 radical (unpaired) electrons. The number of benzene rings is 1. The van der Waals surface area contributed by atoms with E-state index in [0.717, 1.165) is 40.4 Å². The number of fused-ring (bicyclic) bond motifs is 2. The van der Waals surface area contributed by atoms with E-state index in [1.165, 1.54) is 0 Å². The van der Waals surface area contributed by atoms with Crippen LogP contribution in [0.1, 0.15) is 50.0 Å². The minimum atomic E-state index is 0.157. The van der Waals surface area contributed by atoms with Crippen molar-refractivity contribution in [2.75, 3.05) is 0 Å². The Morgan fingerprint density at radius 1 is 0.958 bits per heavy atom. The predicted octanol–water partition coefficient (Wildman–Crippen LogP) is 4.83. The molecular formula is C19H19N3O2. The maximum absolute atomic E-state index is 5.86. The second-order valence-electron chi connectivity index (χ2n) is 6.50. The van der Waals surface area contributed by atoms with Crippen molar-refractivity contribution in [1.29, 1.82) is 0 Å². The molecule has 1 atom stereocenters. The summed E-state index contributed by atoms with van der Waals surface area (Å²) in [7, 11) is 0. The molecule has 0 aliphatic rings. The van der Waals surface area contributed by atoms with Crippen molar-refractivity contribution in [3.05, 3.63) is 53.9 Å². The molecule has 0 aliphatic heterocycles. The number of hydrogen-bond acceptors (Lipinski definition) is 5. The van der Waals surface area contributed by atoms with Gasteiger partial charge in [0, 0.05) is 18.0 Å². The van der Waals surface area contributed by atoms with E-state index in [1.807, 2.05) is 36.5 Å². The van der Waals surface area contributed by atoms with Gasteiger partial charge in [0.2, 0.25) is 0 Å². The van der Waals surface area contributed by atoms with Crippen LogP contribution < -0.4 is 0 Å². The summed E-state index contributed by atoms with van der Waals surface area (Å²) in [5, 5.41) is 0. The lowest BCUT2D eigenvalue weighted by Gasteiger charge is -2.06. The lowest BCUT2D eigenvalue weighted by atomic mass is 10.0. The first-order valence-corrected chi connectivity index (χ1v) is 8.21. The largest absolute Gasteiger partial charge is 0.440 e. The van der Waals surface area contributed by atoms with Crippen molar-refractivity contribution in [2.24, 2.45) is 0 Å². The molecule has 0 N–H and O–H groups in total. The van der Waals surface area contributed by atoms with Crippen molar-refractivity contribution in [3.8, 4) is 0 Å². The third-order valence-electron chi connectivity index (χ3n) is 4.09. The van der Waals surface area contributed by atoms with Gasteiger partial charge in [0.1, 0.15) is 5.52 Å². The highest BCUT2D eigenvalue weighted by Crippen LogP contribution is 2.26.